The Hall–Kier alpha value is -2.38. The van der Waals surface area contributed by atoms with Crippen molar-refractivity contribution in [3.8, 4) is 0 Å². The highest BCUT2D eigenvalue weighted by Crippen LogP contribution is 2.31. The lowest BCUT2D eigenvalue weighted by Crippen LogP contribution is -2.45. The molecule has 196 valence electrons. The molecule has 1 saturated heterocycles. The van der Waals surface area contributed by atoms with Crippen molar-refractivity contribution in [1.82, 2.24) is 20.0 Å². The molecule has 0 aromatic carbocycles. The molecule has 1 unspecified atom stereocenters. The van der Waals surface area contributed by atoms with Gasteiger partial charge in [0, 0.05) is 63.4 Å². The third-order valence-electron chi connectivity index (χ3n) is 7.94. The summed E-state index contributed by atoms with van der Waals surface area (Å²) in [5, 5.41) is 3.06. The summed E-state index contributed by atoms with van der Waals surface area (Å²) in [7, 11) is 0. The first kappa shape index (κ1) is 27.2. The molecule has 1 aliphatic carbocycles. The molecule has 2 fully saturated rings. The zero-order valence-electron chi connectivity index (χ0n) is 21.9. The van der Waals surface area contributed by atoms with Gasteiger partial charge in [0.05, 0.1) is 5.92 Å². The van der Waals surface area contributed by atoms with Gasteiger partial charge in [0.15, 0.2) is 0 Å². The van der Waals surface area contributed by atoms with Crippen LogP contribution in [0, 0.1) is 11.8 Å². The van der Waals surface area contributed by atoms with Crippen molar-refractivity contribution in [2.45, 2.75) is 85.0 Å². The van der Waals surface area contributed by atoms with Gasteiger partial charge in [-0.2, -0.15) is 0 Å². The quantitative estimate of drug-likeness (QED) is 0.484. The SMILES string of the molecule is CCN(CC)C(=O)C1=C(C)N(CCCN2CCCC2=O)C(=O)C(CC(=O)NCC2CCCCC2)C1. The topological polar surface area (TPSA) is 90.0 Å². The molecule has 4 amide bonds. The molecule has 1 saturated carbocycles. The van der Waals surface area contributed by atoms with Crippen LogP contribution in [0.15, 0.2) is 11.3 Å². The van der Waals surface area contributed by atoms with Gasteiger partial charge in [-0.25, -0.2) is 0 Å². The second-order valence-corrected chi connectivity index (χ2v) is 10.3. The third-order valence-corrected chi connectivity index (χ3v) is 7.94. The summed E-state index contributed by atoms with van der Waals surface area (Å²) in [4.78, 5) is 56.8. The van der Waals surface area contributed by atoms with Crippen LogP contribution in [0.5, 0.6) is 0 Å². The fraction of sp³-hybridized carbons (Fsp3) is 0.778. The number of allylic oxidation sites excluding steroid dienone is 1. The Morgan fingerprint density at radius 2 is 1.74 bits per heavy atom. The van der Waals surface area contributed by atoms with E-state index in [0.29, 0.717) is 69.2 Å². The minimum atomic E-state index is -0.534. The first-order valence-corrected chi connectivity index (χ1v) is 13.7. The zero-order chi connectivity index (χ0) is 25.4. The maximum absolute atomic E-state index is 13.5. The summed E-state index contributed by atoms with van der Waals surface area (Å²) in [5.74, 6) is -0.0705. The van der Waals surface area contributed by atoms with Crippen LogP contribution in [-0.4, -0.2) is 77.6 Å². The first-order chi connectivity index (χ1) is 16.8. The molecule has 0 radical (unpaired) electrons. The summed E-state index contributed by atoms with van der Waals surface area (Å²) < 4.78 is 0. The lowest BCUT2D eigenvalue weighted by atomic mass is 9.87. The Bertz CT molecular complexity index is 814. The number of carbonyl (C=O) groups is 4. The maximum Gasteiger partial charge on any atom is 0.251 e. The second kappa shape index (κ2) is 13.1. The van der Waals surface area contributed by atoms with Crippen molar-refractivity contribution in [2.24, 2.45) is 11.8 Å². The van der Waals surface area contributed by atoms with E-state index >= 15 is 0 Å². The predicted molar refractivity (Wildman–Crippen MR) is 135 cm³/mol. The molecular weight excluding hydrogens is 444 g/mol. The molecule has 1 N–H and O–H groups in total. The zero-order valence-corrected chi connectivity index (χ0v) is 21.9. The number of likely N-dealkylation sites (tertiary alicyclic amines) is 1. The lowest BCUT2D eigenvalue weighted by Gasteiger charge is -2.36. The van der Waals surface area contributed by atoms with Gasteiger partial charge in [-0.3, -0.25) is 19.2 Å². The Labute approximate surface area is 210 Å². The summed E-state index contributed by atoms with van der Waals surface area (Å²) in [5.41, 5.74) is 1.33. The minimum absolute atomic E-state index is 0.0488. The molecule has 3 rings (SSSR count). The number of amides is 4. The maximum atomic E-state index is 13.5. The van der Waals surface area contributed by atoms with Crippen LogP contribution < -0.4 is 5.32 Å². The molecule has 3 aliphatic rings. The van der Waals surface area contributed by atoms with E-state index in [9.17, 15) is 19.2 Å². The van der Waals surface area contributed by atoms with Gasteiger partial charge in [0.1, 0.15) is 0 Å². The minimum Gasteiger partial charge on any atom is -0.356 e. The van der Waals surface area contributed by atoms with Gasteiger partial charge in [0.25, 0.3) is 5.91 Å². The average molecular weight is 489 g/mol. The third kappa shape index (κ3) is 7.07. The van der Waals surface area contributed by atoms with Crippen molar-refractivity contribution < 1.29 is 19.2 Å². The van der Waals surface area contributed by atoms with E-state index in [2.05, 4.69) is 5.32 Å². The summed E-state index contributed by atoms with van der Waals surface area (Å²) >= 11 is 0. The Morgan fingerprint density at radius 3 is 2.37 bits per heavy atom. The van der Waals surface area contributed by atoms with E-state index in [1.54, 1.807) is 9.80 Å². The summed E-state index contributed by atoms with van der Waals surface area (Å²) in [6, 6.07) is 0. The number of rotatable bonds is 11. The van der Waals surface area contributed by atoms with Crippen molar-refractivity contribution in [3.05, 3.63) is 11.3 Å². The van der Waals surface area contributed by atoms with Gasteiger partial charge in [-0.05, 0) is 58.8 Å². The molecule has 0 aromatic heterocycles. The monoisotopic (exact) mass is 488 g/mol. The summed E-state index contributed by atoms with van der Waals surface area (Å²) in [6.07, 6.45) is 8.58. The Kier molecular flexibility index (Phi) is 10.2. The van der Waals surface area contributed by atoms with Crippen molar-refractivity contribution in [2.75, 3.05) is 39.3 Å². The molecule has 2 heterocycles. The first-order valence-electron chi connectivity index (χ1n) is 13.7. The van der Waals surface area contributed by atoms with Crippen molar-refractivity contribution >= 4 is 23.6 Å². The normalized spacial score (nSPS) is 21.6. The highest BCUT2D eigenvalue weighted by Gasteiger charge is 2.37. The van der Waals surface area contributed by atoms with Crippen LogP contribution in [0.3, 0.4) is 0 Å². The van der Waals surface area contributed by atoms with Crippen LogP contribution in [-0.2, 0) is 19.2 Å². The van der Waals surface area contributed by atoms with E-state index in [1.165, 1.54) is 19.3 Å². The molecule has 2 aliphatic heterocycles. The van der Waals surface area contributed by atoms with Gasteiger partial charge < -0.3 is 20.0 Å². The molecular formula is C27H44N4O4. The largest absolute Gasteiger partial charge is 0.356 e. The Balaban J connectivity index is 1.68. The molecule has 8 nitrogen and oxygen atoms in total. The highest BCUT2D eigenvalue weighted by atomic mass is 16.2. The summed E-state index contributed by atoms with van der Waals surface area (Å²) in [6.45, 7) is 9.46. The molecule has 8 heteroatoms. The number of nitrogens with one attached hydrogen (secondary N) is 1. The van der Waals surface area contributed by atoms with Crippen molar-refractivity contribution in [1.29, 1.82) is 0 Å². The fourth-order valence-corrected chi connectivity index (χ4v) is 5.72. The highest BCUT2D eigenvalue weighted by molar-refractivity contribution is 5.98. The number of nitrogens with zero attached hydrogens (tertiary/aromatic N) is 3. The molecule has 35 heavy (non-hydrogen) atoms. The molecule has 1 atom stereocenters. The number of likely N-dealkylation sites (N-methyl/N-ethyl adjacent to an activating group) is 1. The van der Waals surface area contributed by atoms with E-state index < -0.39 is 5.92 Å². The predicted octanol–water partition coefficient (Wildman–Crippen LogP) is 3.08. The van der Waals surface area contributed by atoms with Gasteiger partial charge in [-0.1, -0.05) is 19.3 Å². The average Bonchev–Trinajstić information content (AvgIpc) is 3.27. The number of hydrogen-bond acceptors (Lipinski definition) is 4. The van der Waals surface area contributed by atoms with Crippen LogP contribution in [0.2, 0.25) is 0 Å². The lowest BCUT2D eigenvalue weighted by molar-refractivity contribution is -0.138. The van der Waals surface area contributed by atoms with Gasteiger partial charge >= 0.3 is 0 Å². The fourth-order valence-electron chi connectivity index (χ4n) is 5.72. The van der Waals surface area contributed by atoms with Crippen LogP contribution in [0.25, 0.3) is 0 Å². The van der Waals surface area contributed by atoms with E-state index in [-0.39, 0.29) is 30.0 Å². The van der Waals surface area contributed by atoms with E-state index in [0.717, 1.165) is 25.8 Å². The Morgan fingerprint density at radius 1 is 1.03 bits per heavy atom. The number of hydrogen-bond donors (Lipinski definition) is 1. The number of carbonyl (C=O) groups excluding carboxylic acids is 4. The molecule has 0 spiro atoms. The standard InChI is InChI=1S/C27H44N4O4/c1-4-29(5-2)27(35)23-17-22(18-24(32)28-19-21-11-7-6-8-12-21)26(34)31(20(23)3)16-10-15-30-14-9-13-25(30)33/h21-22H,4-19H2,1-3H3,(H,28,32). The van der Waals surface area contributed by atoms with Crippen LogP contribution >= 0.6 is 0 Å². The molecule has 0 bridgehead atoms. The molecule has 0 aromatic rings. The van der Waals surface area contributed by atoms with E-state index in [1.807, 2.05) is 25.7 Å². The van der Waals surface area contributed by atoms with E-state index in [4.69, 9.17) is 0 Å². The van der Waals surface area contributed by atoms with Crippen LogP contribution in [0.1, 0.15) is 85.0 Å². The second-order valence-electron chi connectivity index (χ2n) is 10.3. The smallest absolute Gasteiger partial charge is 0.251 e. The van der Waals surface area contributed by atoms with Crippen molar-refractivity contribution in [3.63, 3.8) is 0 Å². The van der Waals surface area contributed by atoms with Gasteiger partial charge in [-0.15, -0.1) is 0 Å². The van der Waals surface area contributed by atoms with Crippen LogP contribution in [0.4, 0.5) is 0 Å². The van der Waals surface area contributed by atoms with Gasteiger partial charge in [0.2, 0.25) is 17.7 Å².